The number of carbonyl (C=O) groups excluding carboxylic acids is 1. The van der Waals surface area contributed by atoms with Crippen molar-refractivity contribution >= 4 is 29.1 Å². The highest BCUT2D eigenvalue weighted by molar-refractivity contribution is 6.39. The van der Waals surface area contributed by atoms with E-state index in [4.69, 9.17) is 23.2 Å². The summed E-state index contributed by atoms with van der Waals surface area (Å²) in [6.07, 6.45) is 3.35. The van der Waals surface area contributed by atoms with Crippen molar-refractivity contribution in [3.8, 4) is 0 Å². The molecule has 1 fully saturated rings. The molecule has 150 valence electrons. The average Bonchev–Trinajstić information content (AvgIpc) is 2.69. The van der Waals surface area contributed by atoms with E-state index in [1.165, 1.54) is 6.42 Å². The molecule has 0 radical (unpaired) electrons. The van der Waals surface area contributed by atoms with Crippen LogP contribution in [0.4, 0.5) is 0 Å². The van der Waals surface area contributed by atoms with E-state index >= 15 is 0 Å². The Morgan fingerprint density at radius 1 is 1.18 bits per heavy atom. The maximum absolute atomic E-state index is 13.2. The van der Waals surface area contributed by atoms with Gasteiger partial charge in [0.15, 0.2) is 0 Å². The topological polar surface area (TPSA) is 32.3 Å². The van der Waals surface area contributed by atoms with Gasteiger partial charge >= 0.3 is 0 Å². The molecular weight excluding hydrogens is 391 g/mol. The molecule has 1 saturated heterocycles. The molecule has 3 rings (SSSR count). The van der Waals surface area contributed by atoms with E-state index < -0.39 is 0 Å². The summed E-state index contributed by atoms with van der Waals surface area (Å²) in [7, 11) is 2.16. The summed E-state index contributed by atoms with van der Waals surface area (Å²) in [5.41, 5.74) is 1.22. The van der Waals surface area contributed by atoms with E-state index in [2.05, 4.69) is 43.2 Å². The smallest absolute Gasteiger partial charge is 0.254 e. The molecule has 2 aromatic carbocycles. The molecule has 0 saturated carbocycles. The predicted molar refractivity (Wildman–Crippen MR) is 117 cm³/mol. The van der Waals surface area contributed by atoms with E-state index in [0.29, 0.717) is 21.5 Å². The summed E-state index contributed by atoms with van der Waals surface area (Å²) in [5.74, 6) is 0.458. The van der Waals surface area contributed by atoms with Crippen molar-refractivity contribution in [1.29, 1.82) is 0 Å². The largest absolute Gasteiger partial charge is 0.343 e. The minimum atomic E-state index is -0.239. The molecule has 1 N–H and O–H groups in total. The number of rotatable bonds is 5. The molecule has 1 aliphatic heterocycles. The molecule has 28 heavy (non-hydrogen) atoms. The lowest BCUT2D eigenvalue weighted by Gasteiger charge is -2.50. The summed E-state index contributed by atoms with van der Waals surface area (Å²) >= 11 is 12.6. The van der Waals surface area contributed by atoms with Gasteiger partial charge in [-0.1, -0.05) is 72.9 Å². The quantitative estimate of drug-likeness (QED) is 0.647. The molecule has 1 amide bonds. The van der Waals surface area contributed by atoms with Crippen molar-refractivity contribution in [3.63, 3.8) is 0 Å². The third kappa shape index (κ3) is 4.22. The molecule has 3 unspecified atom stereocenters. The number of hydrogen-bond acceptors (Lipinski definition) is 2. The summed E-state index contributed by atoms with van der Waals surface area (Å²) < 4.78 is 0. The third-order valence-electron chi connectivity index (χ3n) is 6.26. The van der Waals surface area contributed by atoms with Crippen LogP contribution in [-0.2, 0) is 0 Å². The molecule has 1 heterocycles. The van der Waals surface area contributed by atoms with Gasteiger partial charge in [0.2, 0.25) is 0 Å². The van der Waals surface area contributed by atoms with Gasteiger partial charge < -0.3 is 5.32 Å². The van der Waals surface area contributed by atoms with Gasteiger partial charge in [0, 0.05) is 12.1 Å². The van der Waals surface area contributed by atoms with Crippen LogP contribution in [0.15, 0.2) is 48.5 Å². The van der Waals surface area contributed by atoms with Crippen LogP contribution in [0.25, 0.3) is 0 Å². The standard InChI is InChI=1S/C23H28Cl2N2O/c1-4-16-13-14-23(2,27(3)15-16)21(17-9-6-5-7-10-17)26-22(28)20-18(24)11-8-12-19(20)25/h5-12,16,21H,4,13-15H2,1-3H3,(H,26,28). The molecule has 3 atom stereocenters. The van der Waals surface area contributed by atoms with Gasteiger partial charge in [-0.05, 0) is 50.4 Å². The number of nitrogens with one attached hydrogen (secondary N) is 1. The molecule has 0 aliphatic carbocycles. The summed E-state index contributed by atoms with van der Waals surface area (Å²) in [6, 6.07) is 15.1. The van der Waals surface area contributed by atoms with Crippen LogP contribution in [0.5, 0.6) is 0 Å². The number of hydrogen-bond donors (Lipinski definition) is 1. The Bertz CT molecular complexity index is 806. The van der Waals surface area contributed by atoms with Crippen molar-refractivity contribution in [1.82, 2.24) is 10.2 Å². The van der Waals surface area contributed by atoms with Gasteiger partial charge in [0.25, 0.3) is 5.91 Å². The molecule has 2 aromatic rings. The highest BCUT2D eigenvalue weighted by Crippen LogP contribution is 2.40. The lowest BCUT2D eigenvalue weighted by molar-refractivity contribution is 0.0229. The normalized spacial score (nSPS) is 24.0. The van der Waals surface area contributed by atoms with Crippen LogP contribution in [0.2, 0.25) is 10.0 Å². The van der Waals surface area contributed by atoms with E-state index in [9.17, 15) is 4.79 Å². The highest BCUT2D eigenvalue weighted by Gasteiger charge is 2.43. The molecule has 0 bridgehead atoms. The van der Waals surface area contributed by atoms with Crippen molar-refractivity contribution in [3.05, 3.63) is 69.7 Å². The second kappa shape index (κ2) is 8.86. The zero-order chi connectivity index (χ0) is 20.3. The van der Waals surface area contributed by atoms with Crippen LogP contribution in [0.3, 0.4) is 0 Å². The Balaban J connectivity index is 1.96. The van der Waals surface area contributed by atoms with E-state index in [-0.39, 0.29) is 17.5 Å². The minimum absolute atomic E-state index is 0.170. The molecular formula is C23H28Cl2N2O. The number of benzene rings is 2. The zero-order valence-corrected chi connectivity index (χ0v) is 18.2. The Kier molecular flexibility index (Phi) is 6.69. The third-order valence-corrected chi connectivity index (χ3v) is 6.89. The predicted octanol–water partition coefficient (Wildman–Crippen LogP) is 5.98. The first-order chi connectivity index (χ1) is 13.4. The zero-order valence-electron chi connectivity index (χ0n) is 16.7. The second-order valence-electron chi connectivity index (χ2n) is 7.96. The van der Waals surface area contributed by atoms with E-state index in [1.54, 1.807) is 18.2 Å². The Morgan fingerprint density at radius 2 is 1.82 bits per heavy atom. The van der Waals surface area contributed by atoms with E-state index in [0.717, 1.165) is 24.9 Å². The molecule has 1 aliphatic rings. The van der Waals surface area contributed by atoms with Crippen LogP contribution >= 0.6 is 23.2 Å². The maximum atomic E-state index is 13.2. The number of likely N-dealkylation sites (tertiary alicyclic amines) is 1. The highest BCUT2D eigenvalue weighted by atomic mass is 35.5. The first kappa shape index (κ1) is 21.2. The van der Waals surface area contributed by atoms with Crippen LogP contribution < -0.4 is 5.32 Å². The lowest BCUT2D eigenvalue weighted by Crippen LogP contribution is -2.57. The fraction of sp³-hybridized carbons (Fsp3) is 0.435. The number of likely N-dealkylation sites (N-methyl/N-ethyl adjacent to an activating group) is 1. The fourth-order valence-electron chi connectivity index (χ4n) is 4.23. The lowest BCUT2D eigenvalue weighted by atomic mass is 9.75. The molecule has 5 heteroatoms. The summed E-state index contributed by atoms with van der Waals surface area (Å²) in [6.45, 7) is 5.51. The summed E-state index contributed by atoms with van der Waals surface area (Å²) in [5, 5.41) is 3.99. The van der Waals surface area contributed by atoms with Gasteiger partial charge in [0.1, 0.15) is 0 Å². The first-order valence-electron chi connectivity index (χ1n) is 9.88. The Morgan fingerprint density at radius 3 is 2.39 bits per heavy atom. The maximum Gasteiger partial charge on any atom is 0.254 e. The van der Waals surface area contributed by atoms with Crippen LogP contribution in [0.1, 0.15) is 55.1 Å². The number of halogens is 2. The monoisotopic (exact) mass is 418 g/mol. The van der Waals surface area contributed by atoms with Crippen molar-refractivity contribution in [2.45, 2.75) is 44.7 Å². The Labute approximate surface area is 178 Å². The van der Waals surface area contributed by atoms with Gasteiger partial charge in [-0.15, -0.1) is 0 Å². The van der Waals surface area contributed by atoms with Crippen molar-refractivity contribution in [2.75, 3.05) is 13.6 Å². The van der Waals surface area contributed by atoms with Gasteiger partial charge in [0.05, 0.1) is 21.7 Å². The molecule has 3 nitrogen and oxygen atoms in total. The van der Waals surface area contributed by atoms with Gasteiger partial charge in [-0.25, -0.2) is 0 Å². The van der Waals surface area contributed by atoms with Crippen molar-refractivity contribution in [2.24, 2.45) is 5.92 Å². The Hall–Kier alpha value is -1.55. The molecule has 0 spiro atoms. The first-order valence-corrected chi connectivity index (χ1v) is 10.6. The second-order valence-corrected chi connectivity index (χ2v) is 8.78. The number of piperidine rings is 1. The number of amides is 1. The van der Waals surface area contributed by atoms with Gasteiger partial charge in [-0.3, -0.25) is 9.69 Å². The summed E-state index contributed by atoms with van der Waals surface area (Å²) in [4.78, 5) is 15.6. The number of carbonyl (C=O) groups is 1. The number of nitrogens with zero attached hydrogens (tertiary/aromatic N) is 1. The van der Waals surface area contributed by atoms with Crippen molar-refractivity contribution < 1.29 is 4.79 Å². The van der Waals surface area contributed by atoms with E-state index in [1.807, 2.05) is 18.2 Å². The molecule has 0 aromatic heterocycles. The SMILES string of the molecule is CCC1CCC(C)(C(NC(=O)c2c(Cl)cccc2Cl)c2ccccc2)N(C)C1. The van der Waals surface area contributed by atoms with Crippen LogP contribution in [-0.4, -0.2) is 29.9 Å². The van der Waals surface area contributed by atoms with Gasteiger partial charge in [-0.2, -0.15) is 0 Å². The average molecular weight is 419 g/mol. The fourth-order valence-corrected chi connectivity index (χ4v) is 4.80. The minimum Gasteiger partial charge on any atom is -0.343 e. The van der Waals surface area contributed by atoms with Crippen LogP contribution in [0, 0.1) is 5.92 Å².